The molecule has 0 saturated heterocycles. The number of hydrogen-bond acceptors (Lipinski definition) is 5. The number of halogens is 2. The van der Waals surface area contributed by atoms with Gasteiger partial charge >= 0.3 is 0 Å². The maximum atomic E-state index is 13.4. The zero-order chi connectivity index (χ0) is 20.9. The Bertz CT molecular complexity index is 1160. The third kappa shape index (κ3) is 4.84. The summed E-state index contributed by atoms with van der Waals surface area (Å²) in [6.07, 6.45) is 0. The summed E-state index contributed by atoms with van der Waals surface area (Å²) in [4.78, 5) is 12.0. The van der Waals surface area contributed by atoms with Crippen LogP contribution in [0.25, 0.3) is 21.7 Å². The van der Waals surface area contributed by atoms with E-state index in [1.165, 1.54) is 47.7 Å². The van der Waals surface area contributed by atoms with E-state index in [0.29, 0.717) is 15.9 Å². The van der Waals surface area contributed by atoms with E-state index in [4.69, 9.17) is 4.74 Å². The van der Waals surface area contributed by atoms with Crippen LogP contribution in [0.15, 0.2) is 72.8 Å². The summed E-state index contributed by atoms with van der Waals surface area (Å²) in [6, 6.07) is 19.3. The summed E-state index contributed by atoms with van der Waals surface area (Å²) >= 11 is 1.22. The number of anilines is 1. The van der Waals surface area contributed by atoms with Crippen molar-refractivity contribution in [1.82, 2.24) is 10.2 Å². The Kier molecular flexibility index (Phi) is 5.76. The molecule has 0 unspecified atom stereocenters. The summed E-state index contributed by atoms with van der Waals surface area (Å²) in [5.41, 5.74) is 2.50. The fourth-order valence-electron chi connectivity index (χ4n) is 2.70. The molecule has 0 atom stereocenters. The zero-order valence-electron chi connectivity index (χ0n) is 15.5. The molecule has 150 valence electrons. The van der Waals surface area contributed by atoms with Crippen LogP contribution in [0.5, 0.6) is 5.75 Å². The molecule has 8 heteroatoms. The minimum atomic E-state index is -0.400. The first-order valence-electron chi connectivity index (χ1n) is 8.95. The summed E-state index contributed by atoms with van der Waals surface area (Å²) in [5.74, 6) is -0.673. The first-order valence-corrected chi connectivity index (χ1v) is 9.76. The number of nitrogens with one attached hydrogen (secondary N) is 1. The Labute approximate surface area is 175 Å². The van der Waals surface area contributed by atoms with Gasteiger partial charge in [-0.25, -0.2) is 8.78 Å². The summed E-state index contributed by atoms with van der Waals surface area (Å²) in [5, 5.41) is 11.7. The topological polar surface area (TPSA) is 64.1 Å². The van der Waals surface area contributed by atoms with Crippen molar-refractivity contribution in [2.75, 3.05) is 11.9 Å². The van der Waals surface area contributed by atoms with Gasteiger partial charge in [-0.1, -0.05) is 47.7 Å². The number of hydrogen-bond donors (Lipinski definition) is 1. The van der Waals surface area contributed by atoms with Gasteiger partial charge in [-0.2, -0.15) is 0 Å². The first-order chi connectivity index (χ1) is 14.6. The van der Waals surface area contributed by atoms with Crippen LogP contribution in [0.3, 0.4) is 0 Å². The van der Waals surface area contributed by atoms with Crippen molar-refractivity contribution in [3.63, 3.8) is 0 Å². The van der Waals surface area contributed by atoms with Crippen molar-refractivity contribution < 1.29 is 18.3 Å². The second-order valence-corrected chi connectivity index (χ2v) is 7.27. The number of carbonyl (C=O) groups excluding carboxylic acids is 1. The van der Waals surface area contributed by atoms with Crippen molar-refractivity contribution >= 4 is 22.4 Å². The van der Waals surface area contributed by atoms with E-state index >= 15 is 0 Å². The molecule has 0 aliphatic carbocycles. The molecular formula is C22H15F2N3O2S. The molecule has 4 aromatic rings. The zero-order valence-corrected chi connectivity index (χ0v) is 16.3. The van der Waals surface area contributed by atoms with Gasteiger partial charge in [-0.05, 0) is 47.5 Å². The monoisotopic (exact) mass is 423 g/mol. The maximum absolute atomic E-state index is 13.4. The van der Waals surface area contributed by atoms with Crippen molar-refractivity contribution in [3.8, 4) is 27.4 Å². The van der Waals surface area contributed by atoms with E-state index < -0.39 is 5.91 Å². The summed E-state index contributed by atoms with van der Waals surface area (Å²) in [7, 11) is 0. The van der Waals surface area contributed by atoms with Crippen LogP contribution in [-0.4, -0.2) is 22.7 Å². The second-order valence-electron chi connectivity index (χ2n) is 6.29. The Morgan fingerprint density at radius 3 is 2.33 bits per heavy atom. The Morgan fingerprint density at radius 1 is 0.867 bits per heavy atom. The fourth-order valence-corrected chi connectivity index (χ4v) is 3.46. The largest absolute Gasteiger partial charge is 0.484 e. The molecule has 0 bridgehead atoms. The normalized spacial score (nSPS) is 10.6. The molecule has 0 aliphatic heterocycles. The molecule has 1 aromatic heterocycles. The summed E-state index contributed by atoms with van der Waals surface area (Å²) in [6.45, 7) is -0.233. The lowest BCUT2D eigenvalue weighted by atomic mass is 10.0. The minimum Gasteiger partial charge on any atom is -0.484 e. The maximum Gasteiger partial charge on any atom is 0.264 e. The highest BCUT2D eigenvalue weighted by Gasteiger charge is 2.11. The van der Waals surface area contributed by atoms with Crippen molar-refractivity contribution in [1.29, 1.82) is 0 Å². The molecule has 0 spiro atoms. The van der Waals surface area contributed by atoms with Crippen LogP contribution in [0.1, 0.15) is 0 Å². The molecule has 4 rings (SSSR count). The second kappa shape index (κ2) is 8.79. The van der Waals surface area contributed by atoms with Crippen molar-refractivity contribution in [2.24, 2.45) is 0 Å². The molecule has 1 amide bonds. The Hall–Kier alpha value is -3.65. The molecule has 5 nitrogen and oxygen atoms in total. The number of aromatic nitrogens is 2. The smallest absolute Gasteiger partial charge is 0.264 e. The van der Waals surface area contributed by atoms with Gasteiger partial charge in [-0.15, -0.1) is 10.2 Å². The van der Waals surface area contributed by atoms with Crippen LogP contribution >= 0.6 is 11.3 Å². The molecular weight excluding hydrogens is 408 g/mol. The third-order valence-corrected chi connectivity index (χ3v) is 5.03. The minimum absolute atomic E-state index is 0.233. The van der Waals surface area contributed by atoms with Crippen LogP contribution in [-0.2, 0) is 4.79 Å². The van der Waals surface area contributed by atoms with Crippen LogP contribution < -0.4 is 10.1 Å². The average molecular weight is 423 g/mol. The standard InChI is InChI=1S/C22H15F2N3O2S/c23-17-8-10-19(11-9-17)29-13-20(28)25-22-27-26-21(30-22)15-6-4-14(5-7-15)16-2-1-3-18(24)12-16/h1-12H,13H2,(H,25,27,28). The van der Waals surface area contributed by atoms with Gasteiger partial charge in [0.1, 0.15) is 22.4 Å². The highest BCUT2D eigenvalue weighted by Crippen LogP contribution is 2.29. The molecule has 30 heavy (non-hydrogen) atoms. The van der Waals surface area contributed by atoms with Crippen LogP contribution in [0, 0.1) is 11.6 Å². The summed E-state index contributed by atoms with van der Waals surface area (Å²) < 4.78 is 31.6. The van der Waals surface area contributed by atoms with Gasteiger partial charge in [0.05, 0.1) is 0 Å². The van der Waals surface area contributed by atoms with Gasteiger partial charge in [-0.3, -0.25) is 10.1 Å². The highest BCUT2D eigenvalue weighted by atomic mass is 32.1. The lowest BCUT2D eigenvalue weighted by Gasteiger charge is -2.05. The number of carbonyl (C=O) groups is 1. The van der Waals surface area contributed by atoms with Gasteiger partial charge < -0.3 is 4.74 Å². The quantitative estimate of drug-likeness (QED) is 0.465. The molecule has 1 heterocycles. The lowest BCUT2D eigenvalue weighted by Crippen LogP contribution is -2.20. The molecule has 1 N–H and O–H groups in total. The predicted octanol–water partition coefficient (Wildman–Crippen LogP) is 5.17. The lowest BCUT2D eigenvalue weighted by molar-refractivity contribution is -0.118. The number of rotatable bonds is 6. The van der Waals surface area contributed by atoms with E-state index in [-0.39, 0.29) is 18.2 Å². The van der Waals surface area contributed by atoms with Crippen LogP contribution in [0.4, 0.5) is 13.9 Å². The fraction of sp³-hybridized carbons (Fsp3) is 0.0455. The molecule has 0 radical (unpaired) electrons. The third-order valence-electron chi connectivity index (χ3n) is 4.14. The molecule has 0 saturated carbocycles. The van der Waals surface area contributed by atoms with E-state index in [9.17, 15) is 13.6 Å². The van der Waals surface area contributed by atoms with E-state index in [2.05, 4.69) is 15.5 Å². The van der Waals surface area contributed by atoms with Gasteiger partial charge in [0.15, 0.2) is 6.61 Å². The SMILES string of the molecule is O=C(COc1ccc(F)cc1)Nc1nnc(-c2ccc(-c3cccc(F)c3)cc2)s1. The van der Waals surface area contributed by atoms with Crippen LogP contribution in [0.2, 0.25) is 0 Å². The predicted molar refractivity (Wildman–Crippen MR) is 111 cm³/mol. The van der Waals surface area contributed by atoms with Gasteiger partial charge in [0, 0.05) is 5.56 Å². The van der Waals surface area contributed by atoms with E-state index in [1.807, 2.05) is 30.3 Å². The van der Waals surface area contributed by atoms with Gasteiger partial charge in [0.25, 0.3) is 5.91 Å². The highest BCUT2D eigenvalue weighted by molar-refractivity contribution is 7.18. The Balaban J connectivity index is 1.37. The number of ether oxygens (including phenoxy) is 1. The number of benzene rings is 3. The van der Waals surface area contributed by atoms with E-state index in [0.717, 1.165) is 16.7 Å². The van der Waals surface area contributed by atoms with Crippen molar-refractivity contribution in [2.45, 2.75) is 0 Å². The molecule has 0 aliphatic rings. The number of amides is 1. The molecule has 0 fully saturated rings. The Morgan fingerprint density at radius 2 is 1.60 bits per heavy atom. The van der Waals surface area contributed by atoms with Gasteiger partial charge in [0.2, 0.25) is 5.13 Å². The van der Waals surface area contributed by atoms with Crippen molar-refractivity contribution in [3.05, 3.63) is 84.4 Å². The van der Waals surface area contributed by atoms with E-state index in [1.54, 1.807) is 6.07 Å². The number of nitrogens with zero attached hydrogens (tertiary/aromatic N) is 2. The molecule has 3 aromatic carbocycles. The average Bonchev–Trinajstić information content (AvgIpc) is 3.22. The first kappa shape index (κ1) is 19.7.